The van der Waals surface area contributed by atoms with Crippen LogP contribution < -0.4 is 26.6 Å². The standard InChI is InChI=1S/C36H44N10O4S/c1-22-31(37)36(21-50-22)7-10-44(11-8-36)29-18-40-34(32(38)41-29)51-25-6-9-39-28(17-25)45-14-12-43(13-15-45)19-23-2-3-26-24(16-23)20-46(35(26)49)27-4-5-30(47)42-33(27)48/h2-3,6,9,16-18,22,27,31H,4-5,7-8,10-15,19-21,37H2,1H3,(H2,38,41)(H,42,47,48)/t22-,27?,31+/m0/s1. The van der Waals surface area contributed by atoms with Gasteiger partial charge in [-0.3, -0.25) is 24.6 Å². The van der Waals surface area contributed by atoms with Gasteiger partial charge in [-0.2, -0.15) is 0 Å². The Bertz CT molecular complexity index is 1840. The zero-order valence-electron chi connectivity index (χ0n) is 28.8. The zero-order chi connectivity index (χ0) is 35.3. The van der Waals surface area contributed by atoms with Crippen LogP contribution in [0.1, 0.15) is 54.1 Å². The van der Waals surface area contributed by atoms with E-state index in [2.05, 4.69) is 44.1 Å². The van der Waals surface area contributed by atoms with Gasteiger partial charge in [-0.1, -0.05) is 23.9 Å². The van der Waals surface area contributed by atoms with Crippen LogP contribution in [0, 0.1) is 5.41 Å². The number of nitrogens with two attached hydrogens (primary N) is 2. The lowest BCUT2D eigenvalue weighted by atomic mass is 9.73. The summed E-state index contributed by atoms with van der Waals surface area (Å²) in [6, 6.07) is 9.47. The van der Waals surface area contributed by atoms with Gasteiger partial charge in [-0.05, 0) is 55.5 Å². The molecule has 5 aliphatic rings. The summed E-state index contributed by atoms with van der Waals surface area (Å²) in [5, 5.41) is 3.04. The third-order valence-corrected chi connectivity index (χ3v) is 12.3. The Hall–Kier alpha value is -4.31. The predicted octanol–water partition coefficient (Wildman–Crippen LogP) is 2.02. The Morgan fingerprint density at radius 1 is 1.00 bits per heavy atom. The van der Waals surface area contributed by atoms with Gasteiger partial charge in [-0.25, -0.2) is 15.0 Å². The minimum Gasteiger partial charge on any atom is -0.381 e. The number of nitrogens with one attached hydrogen (secondary N) is 1. The summed E-state index contributed by atoms with van der Waals surface area (Å²) in [5.74, 6) is 1.30. The molecule has 4 fully saturated rings. The van der Waals surface area contributed by atoms with Crippen molar-refractivity contribution in [1.29, 1.82) is 0 Å². The lowest BCUT2D eigenvalue weighted by Gasteiger charge is -2.41. The quantitative estimate of drug-likeness (QED) is 0.304. The Morgan fingerprint density at radius 3 is 2.51 bits per heavy atom. The largest absolute Gasteiger partial charge is 0.381 e. The molecule has 0 aliphatic carbocycles. The highest BCUT2D eigenvalue weighted by Gasteiger charge is 2.47. The monoisotopic (exact) mass is 712 g/mol. The maximum absolute atomic E-state index is 13.1. The lowest BCUT2D eigenvalue weighted by molar-refractivity contribution is -0.136. The average molecular weight is 713 g/mol. The van der Waals surface area contributed by atoms with Crippen molar-refractivity contribution in [3.05, 3.63) is 59.4 Å². The van der Waals surface area contributed by atoms with Crippen LogP contribution in [-0.4, -0.2) is 107 Å². The second-order valence-electron chi connectivity index (χ2n) is 14.4. The third-order valence-electron chi connectivity index (χ3n) is 11.3. The maximum atomic E-state index is 13.1. The molecule has 5 N–H and O–H groups in total. The van der Waals surface area contributed by atoms with Gasteiger partial charge in [-0.15, -0.1) is 0 Å². The molecule has 3 atom stereocenters. The molecule has 3 aromatic rings. The van der Waals surface area contributed by atoms with Gasteiger partial charge >= 0.3 is 0 Å². The van der Waals surface area contributed by atoms with Crippen molar-refractivity contribution in [3.63, 3.8) is 0 Å². The van der Waals surface area contributed by atoms with Crippen LogP contribution in [0.15, 0.2) is 52.6 Å². The van der Waals surface area contributed by atoms with E-state index in [9.17, 15) is 14.4 Å². The highest BCUT2D eigenvalue weighted by atomic mass is 32.2. The van der Waals surface area contributed by atoms with Gasteiger partial charge in [0.25, 0.3) is 5.91 Å². The van der Waals surface area contributed by atoms with Crippen molar-refractivity contribution in [2.45, 2.75) is 73.8 Å². The summed E-state index contributed by atoms with van der Waals surface area (Å²) < 4.78 is 5.87. The summed E-state index contributed by atoms with van der Waals surface area (Å²) >= 11 is 1.49. The molecular weight excluding hydrogens is 669 g/mol. The summed E-state index contributed by atoms with van der Waals surface area (Å²) in [4.78, 5) is 60.7. The van der Waals surface area contributed by atoms with E-state index in [1.165, 1.54) is 11.8 Å². The maximum Gasteiger partial charge on any atom is 0.255 e. The van der Waals surface area contributed by atoms with Gasteiger partial charge in [0.15, 0.2) is 5.82 Å². The molecular formula is C36H44N10O4S. The highest BCUT2D eigenvalue weighted by Crippen LogP contribution is 2.42. The molecule has 15 heteroatoms. The van der Waals surface area contributed by atoms with Crippen molar-refractivity contribution in [1.82, 2.24) is 30.1 Å². The number of amides is 3. The summed E-state index contributed by atoms with van der Waals surface area (Å²) in [7, 11) is 0. The van der Waals surface area contributed by atoms with Crippen LogP contribution in [0.3, 0.4) is 0 Å². The first-order chi connectivity index (χ1) is 24.7. The number of fused-ring (bicyclic) bond motifs is 1. The van der Waals surface area contributed by atoms with Crippen LogP contribution in [0.25, 0.3) is 0 Å². The molecule has 1 aromatic carbocycles. The van der Waals surface area contributed by atoms with Crippen molar-refractivity contribution >= 4 is 46.9 Å². The Morgan fingerprint density at radius 2 is 1.78 bits per heavy atom. The van der Waals surface area contributed by atoms with Crippen molar-refractivity contribution in [2.75, 3.05) is 61.4 Å². The van der Waals surface area contributed by atoms with Gasteiger partial charge in [0.1, 0.15) is 22.7 Å². The van der Waals surface area contributed by atoms with E-state index in [4.69, 9.17) is 26.2 Å². The molecule has 4 saturated heterocycles. The number of hydrogen-bond acceptors (Lipinski definition) is 13. The molecule has 0 saturated carbocycles. The molecule has 0 radical (unpaired) electrons. The Kier molecular flexibility index (Phi) is 9.07. The SMILES string of the molecule is C[C@@H]1OCC2(CCN(c3cnc(Sc4ccnc(N5CCN(Cc6ccc7c(c6)CN(C6CCC(=O)NC6=O)C7=O)CC5)c4)c(N)n3)CC2)[C@@H]1N. The number of pyridine rings is 1. The predicted molar refractivity (Wildman–Crippen MR) is 192 cm³/mol. The summed E-state index contributed by atoms with van der Waals surface area (Å²) in [5.41, 5.74) is 15.7. The first-order valence-corrected chi connectivity index (χ1v) is 18.6. The molecule has 51 heavy (non-hydrogen) atoms. The van der Waals surface area contributed by atoms with E-state index in [0.29, 0.717) is 29.4 Å². The molecule has 7 heterocycles. The number of piperidine rings is 2. The number of imide groups is 1. The van der Waals surface area contributed by atoms with Gasteiger partial charge in [0.05, 0.1) is 18.9 Å². The van der Waals surface area contributed by atoms with Crippen molar-refractivity contribution in [3.8, 4) is 0 Å². The number of aromatic nitrogens is 3. The average Bonchev–Trinajstić information content (AvgIpc) is 3.60. The number of anilines is 3. The van der Waals surface area contributed by atoms with Crippen molar-refractivity contribution in [2.24, 2.45) is 11.1 Å². The molecule has 1 unspecified atom stereocenters. The molecule has 1 spiro atoms. The minimum atomic E-state index is -0.606. The molecule has 0 bridgehead atoms. The number of ether oxygens (including phenoxy) is 1. The van der Waals surface area contributed by atoms with E-state index in [1.807, 2.05) is 30.6 Å². The van der Waals surface area contributed by atoms with E-state index in [0.717, 1.165) is 92.9 Å². The van der Waals surface area contributed by atoms with Crippen LogP contribution >= 0.6 is 11.8 Å². The second kappa shape index (κ2) is 13.7. The molecule has 3 amide bonds. The number of carbonyl (C=O) groups excluding carboxylic acids is 3. The molecule has 8 rings (SSSR count). The molecule has 268 valence electrons. The van der Waals surface area contributed by atoms with Crippen molar-refractivity contribution < 1.29 is 19.1 Å². The normalized spacial score (nSPS) is 25.1. The fourth-order valence-electron chi connectivity index (χ4n) is 8.13. The molecule has 2 aromatic heterocycles. The number of benzene rings is 1. The van der Waals surface area contributed by atoms with E-state index < -0.39 is 11.9 Å². The van der Waals surface area contributed by atoms with E-state index in [-0.39, 0.29) is 35.8 Å². The summed E-state index contributed by atoms with van der Waals surface area (Å²) in [6.45, 7) is 9.04. The smallest absolute Gasteiger partial charge is 0.255 e. The Labute approximate surface area is 301 Å². The Balaban J connectivity index is 0.842. The second-order valence-corrected chi connectivity index (χ2v) is 15.5. The first-order valence-electron chi connectivity index (χ1n) is 17.8. The fourth-order valence-corrected chi connectivity index (χ4v) is 8.91. The van der Waals surface area contributed by atoms with Crippen LogP contribution in [0.2, 0.25) is 0 Å². The lowest BCUT2D eigenvalue weighted by Crippen LogP contribution is -2.52. The zero-order valence-corrected chi connectivity index (χ0v) is 29.6. The van der Waals surface area contributed by atoms with Gasteiger partial charge in [0.2, 0.25) is 11.8 Å². The topological polar surface area (TPSA) is 176 Å². The van der Waals surface area contributed by atoms with Gasteiger partial charge in [0, 0.05) is 86.9 Å². The number of nitrogen functional groups attached to an aromatic ring is 1. The van der Waals surface area contributed by atoms with Crippen LogP contribution in [0.5, 0.6) is 0 Å². The van der Waals surface area contributed by atoms with Gasteiger partial charge < -0.3 is 30.9 Å². The number of piperazine rings is 1. The van der Waals surface area contributed by atoms with Crippen LogP contribution in [0.4, 0.5) is 17.5 Å². The fraction of sp³-hybridized carbons (Fsp3) is 0.500. The number of hydrogen-bond donors (Lipinski definition) is 3. The summed E-state index contributed by atoms with van der Waals surface area (Å²) in [6.07, 6.45) is 6.28. The first kappa shape index (κ1) is 33.8. The molecule has 14 nitrogen and oxygen atoms in total. The number of rotatable bonds is 7. The highest BCUT2D eigenvalue weighted by molar-refractivity contribution is 7.99. The van der Waals surface area contributed by atoms with Crippen LogP contribution in [-0.2, 0) is 27.4 Å². The van der Waals surface area contributed by atoms with E-state index in [1.54, 1.807) is 4.90 Å². The van der Waals surface area contributed by atoms with E-state index >= 15 is 0 Å². The number of carbonyl (C=O) groups is 3. The molecule has 5 aliphatic heterocycles. The third kappa shape index (κ3) is 6.63. The number of nitrogens with zero attached hydrogens (tertiary/aromatic N) is 7. The minimum absolute atomic E-state index is 0.0479.